The lowest BCUT2D eigenvalue weighted by Gasteiger charge is -2.39. The van der Waals surface area contributed by atoms with E-state index in [4.69, 9.17) is 5.14 Å². The third-order valence-corrected chi connectivity index (χ3v) is 8.21. The molecule has 2 aliphatic rings. The molecule has 2 N–H and O–H groups in total. The molecule has 162 valence electrons. The van der Waals surface area contributed by atoms with Gasteiger partial charge in [-0.05, 0) is 74.3 Å². The minimum Gasteiger partial charge on any atom is -0.317 e. The zero-order valence-electron chi connectivity index (χ0n) is 17.9. The van der Waals surface area contributed by atoms with Gasteiger partial charge in [0, 0.05) is 29.1 Å². The highest BCUT2D eigenvalue weighted by atomic mass is 32.2. The summed E-state index contributed by atoms with van der Waals surface area (Å²) >= 11 is 0. The third kappa shape index (κ3) is 4.00. The Morgan fingerprint density at radius 2 is 1.73 bits per heavy atom. The average molecular weight is 429 g/mol. The molecule has 2 aromatic rings. The smallest absolute Gasteiger partial charge is 0.238 e. The number of benzene rings is 1. The predicted molar refractivity (Wildman–Crippen MR) is 119 cm³/mol. The second-order valence-electron chi connectivity index (χ2n) is 9.03. The first-order valence-corrected chi connectivity index (χ1v) is 12.7. The maximum Gasteiger partial charge on any atom is 0.238 e. The van der Waals surface area contributed by atoms with E-state index in [-0.39, 0.29) is 10.7 Å². The van der Waals surface area contributed by atoms with Gasteiger partial charge in [0.1, 0.15) is 0 Å². The van der Waals surface area contributed by atoms with Gasteiger partial charge in [-0.3, -0.25) is 4.79 Å². The van der Waals surface area contributed by atoms with Crippen molar-refractivity contribution in [2.75, 3.05) is 0 Å². The number of carbonyl (C=O) groups is 1. The number of nitrogens with two attached hydrogens (primary N) is 1. The molecule has 2 saturated carbocycles. The molecule has 2 aliphatic carbocycles. The van der Waals surface area contributed by atoms with Gasteiger partial charge in [0.05, 0.1) is 4.90 Å². The van der Waals surface area contributed by atoms with Crippen LogP contribution in [0.3, 0.4) is 0 Å². The molecule has 30 heavy (non-hydrogen) atoms. The average Bonchev–Trinajstić information content (AvgIpc) is 3.09. The molecule has 3 unspecified atom stereocenters. The van der Waals surface area contributed by atoms with Gasteiger partial charge in [-0.2, -0.15) is 0 Å². The standard InChI is InChI=1S/C24H32N2O3S/c1-3-24(27)22-15-23(19-9-8-17-6-4-5-7-18(17)14-19)26(16(22)2)20-10-12-21(13-11-20)30(25,28)29/h10-13,15,17-19H,3-9,14H2,1-2H3,(H2,25,28,29). The number of Topliss-reactive ketones (excluding diaryl/α,β-unsaturated/α-hetero) is 1. The fraction of sp³-hybridized carbons (Fsp3) is 0.542. The Labute approximate surface area is 179 Å². The number of hydrogen-bond acceptors (Lipinski definition) is 3. The van der Waals surface area contributed by atoms with E-state index in [1.807, 2.05) is 13.8 Å². The van der Waals surface area contributed by atoms with E-state index in [1.165, 1.54) is 44.2 Å². The SMILES string of the molecule is CCC(=O)c1cc(C2CCC3CCCCC3C2)n(-c2ccc(S(N)(=O)=O)cc2)c1C. The predicted octanol–water partition coefficient (Wildman–Crippen LogP) is 5.10. The summed E-state index contributed by atoms with van der Waals surface area (Å²) in [5.74, 6) is 2.24. The van der Waals surface area contributed by atoms with Crippen LogP contribution in [-0.4, -0.2) is 18.8 Å². The van der Waals surface area contributed by atoms with Gasteiger partial charge in [0.2, 0.25) is 10.0 Å². The van der Waals surface area contributed by atoms with Crippen molar-refractivity contribution in [3.8, 4) is 5.69 Å². The molecular weight excluding hydrogens is 396 g/mol. The van der Waals surface area contributed by atoms with Crippen LogP contribution in [-0.2, 0) is 10.0 Å². The van der Waals surface area contributed by atoms with Crippen LogP contribution in [0.2, 0.25) is 0 Å². The van der Waals surface area contributed by atoms with Crippen LogP contribution >= 0.6 is 0 Å². The van der Waals surface area contributed by atoms with Crippen LogP contribution in [0.25, 0.3) is 5.69 Å². The van der Waals surface area contributed by atoms with Crippen molar-refractivity contribution in [1.29, 1.82) is 0 Å². The number of rotatable bonds is 5. The highest BCUT2D eigenvalue weighted by Gasteiger charge is 2.35. The van der Waals surface area contributed by atoms with E-state index in [0.717, 1.165) is 35.2 Å². The zero-order chi connectivity index (χ0) is 21.5. The van der Waals surface area contributed by atoms with E-state index in [9.17, 15) is 13.2 Å². The van der Waals surface area contributed by atoms with E-state index in [1.54, 1.807) is 24.3 Å². The van der Waals surface area contributed by atoms with Crippen LogP contribution in [0.15, 0.2) is 35.2 Å². The van der Waals surface area contributed by atoms with E-state index < -0.39 is 10.0 Å². The number of hydrogen-bond donors (Lipinski definition) is 1. The van der Waals surface area contributed by atoms with Crippen LogP contribution in [0.1, 0.15) is 86.0 Å². The number of aromatic nitrogens is 1. The molecule has 6 heteroatoms. The molecule has 5 nitrogen and oxygen atoms in total. The van der Waals surface area contributed by atoms with Crippen molar-refractivity contribution in [2.24, 2.45) is 17.0 Å². The lowest BCUT2D eigenvalue weighted by molar-refractivity contribution is 0.0987. The lowest BCUT2D eigenvalue weighted by atomic mass is 9.67. The molecule has 0 amide bonds. The summed E-state index contributed by atoms with van der Waals surface area (Å²) in [4.78, 5) is 12.7. The van der Waals surface area contributed by atoms with Crippen molar-refractivity contribution < 1.29 is 13.2 Å². The number of primary sulfonamides is 1. The Balaban J connectivity index is 1.75. The van der Waals surface area contributed by atoms with E-state index in [0.29, 0.717) is 12.3 Å². The van der Waals surface area contributed by atoms with E-state index in [2.05, 4.69) is 10.6 Å². The molecule has 0 spiro atoms. The van der Waals surface area contributed by atoms with Gasteiger partial charge >= 0.3 is 0 Å². The second kappa shape index (κ2) is 8.31. The number of sulfonamides is 1. The number of ketones is 1. The molecular formula is C24H32N2O3S. The summed E-state index contributed by atoms with van der Waals surface area (Å²) in [6.07, 6.45) is 9.47. The maximum atomic E-state index is 12.6. The van der Waals surface area contributed by atoms with Gasteiger partial charge in [0.15, 0.2) is 5.78 Å². The Morgan fingerprint density at radius 1 is 1.07 bits per heavy atom. The van der Waals surface area contributed by atoms with Gasteiger partial charge in [-0.25, -0.2) is 13.6 Å². The van der Waals surface area contributed by atoms with Gasteiger partial charge in [0.25, 0.3) is 0 Å². The molecule has 0 radical (unpaired) electrons. The molecule has 3 atom stereocenters. The van der Waals surface area contributed by atoms with Crippen molar-refractivity contribution in [1.82, 2.24) is 4.57 Å². The Hall–Kier alpha value is -1.92. The summed E-state index contributed by atoms with van der Waals surface area (Å²) in [6, 6.07) is 8.79. The largest absolute Gasteiger partial charge is 0.317 e. The van der Waals surface area contributed by atoms with Crippen molar-refractivity contribution >= 4 is 15.8 Å². The molecule has 0 saturated heterocycles. The molecule has 1 aromatic heterocycles. The number of carbonyl (C=O) groups excluding carboxylic acids is 1. The highest BCUT2D eigenvalue weighted by molar-refractivity contribution is 7.89. The van der Waals surface area contributed by atoms with Crippen LogP contribution in [0.5, 0.6) is 0 Å². The number of fused-ring (bicyclic) bond motifs is 1. The fourth-order valence-corrected chi connectivity index (χ4v) is 6.19. The first-order chi connectivity index (χ1) is 14.3. The third-order valence-electron chi connectivity index (χ3n) is 7.28. The minimum absolute atomic E-state index is 0.102. The molecule has 1 heterocycles. The fourth-order valence-electron chi connectivity index (χ4n) is 5.67. The van der Waals surface area contributed by atoms with Gasteiger partial charge in [-0.1, -0.05) is 32.6 Å². The molecule has 0 aliphatic heterocycles. The maximum absolute atomic E-state index is 12.6. The quantitative estimate of drug-likeness (QED) is 0.673. The first-order valence-electron chi connectivity index (χ1n) is 11.2. The molecule has 4 rings (SSSR count). The second-order valence-corrected chi connectivity index (χ2v) is 10.6. The first kappa shape index (κ1) is 21.3. The van der Waals surface area contributed by atoms with Crippen molar-refractivity contribution in [3.63, 3.8) is 0 Å². The Kier molecular flexibility index (Phi) is 5.90. The Bertz CT molecular complexity index is 1040. The summed E-state index contributed by atoms with van der Waals surface area (Å²) in [5.41, 5.74) is 3.80. The Morgan fingerprint density at radius 3 is 2.37 bits per heavy atom. The van der Waals surface area contributed by atoms with Gasteiger partial charge in [-0.15, -0.1) is 0 Å². The van der Waals surface area contributed by atoms with Crippen molar-refractivity contribution in [3.05, 3.63) is 47.3 Å². The van der Waals surface area contributed by atoms with Crippen LogP contribution in [0.4, 0.5) is 0 Å². The minimum atomic E-state index is -3.73. The summed E-state index contributed by atoms with van der Waals surface area (Å²) in [5, 5.41) is 5.27. The van der Waals surface area contributed by atoms with Gasteiger partial charge < -0.3 is 4.57 Å². The van der Waals surface area contributed by atoms with Crippen LogP contribution in [0, 0.1) is 18.8 Å². The summed E-state index contributed by atoms with van der Waals surface area (Å²) < 4.78 is 25.5. The zero-order valence-corrected chi connectivity index (χ0v) is 18.7. The van der Waals surface area contributed by atoms with Crippen LogP contribution < -0.4 is 5.14 Å². The topological polar surface area (TPSA) is 82.2 Å². The summed E-state index contributed by atoms with van der Waals surface area (Å²) in [6.45, 7) is 3.89. The normalized spacial score (nSPS) is 24.4. The number of nitrogens with zero attached hydrogens (tertiary/aromatic N) is 1. The monoisotopic (exact) mass is 428 g/mol. The highest BCUT2D eigenvalue weighted by Crippen LogP contribution is 2.47. The molecule has 0 bridgehead atoms. The summed E-state index contributed by atoms with van der Waals surface area (Å²) in [7, 11) is -3.73. The molecule has 1 aromatic carbocycles. The van der Waals surface area contributed by atoms with E-state index >= 15 is 0 Å². The molecule has 2 fully saturated rings. The lowest BCUT2D eigenvalue weighted by Crippen LogP contribution is -2.27. The van der Waals surface area contributed by atoms with Crippen molar-refractivity contribution in [2.45, 2.75) is 76.0 Å².